The Morgan fingerprint density at radius 3 is 2.85 bits per heavy atom. The molecule has 1 amide bonds. The highest BCUT2D eigenvalue weighted by Crippen LogP contribution is 2.71. The van der Waals surface area contributed by atoms with Gasteiger partial charge in [-0.2, -0.15) is 13.2 Å². The van der Waals surface area contributed by atoms with Gasteiger partial charge in [0.15, 0.2) is 0 Å². The van der Waals surface area contributed by atoms with Crippen molar-refractivity contribution >= 4 is 28.8 Å². The van der Waals surface area contributed by atoms with Crippen LogP contribution in [0.3, 0.4) is 0 Å². The third kappa shape index (κ3) is 3.25. The molecule has 6 nitrogen and oxygen atoms in total. The van der Waals surface area contributed by atoms with E-state index in [1.54, 1.807) is 6.20 Å². The fourth-order valence-corrected chi connectivity index (χ4v) is 6.39. The molecule has 4 heterocycles. The maximum Gasteiger partial charge on any atom is 0.417 e. The van der Waals surface area contributed by atoms with Crippen molar-refractivity contribution in [3.63, 3.8) is 0 Å². The summed E-state index contributed by atoms with van der Waals surface area (Å²) in [4.78, 5) is 24.0. The highest BCUT2D eigenvalue weighted by molar-refractivity contribution is 7.10. The first kappa shape index (κ1) is 20.7. The summed E-state index contributed by atoms with van der Waals surface area (Å²) in [5.41, 5.74) is 0.733. The number of dihydropyridines is 1. The highest BCUT2D eigenvalue weighted by atomic mass is 32.1. The van der Waals surface area contributed by atoms with E-state index < -0.39 is 11.7 Å². The van der Waals surface area contributed by atoms with E-state index in [0.29, 0.717) is 23.9 Å². The average Bonchev–Trinajstić information content (AvgIpc) is 3.14. The summed E-state index contributed by atoms with van der Waals surface area (Å²) in [5, 5.41) is 9.33. The van der Waals surface area contributed by atoms with Crippen molar-refractivity contribution in [3.8, 4) is 0 Å². The number of nitrogens with zero attached hydrogens (tertiary/aromatic N) is 3. The average molecular weight is 474 g/mol. The fraction of sp³-hybridized carbons (Fsp3) is 0.435. The number of pyridine rings is 1. The van der Waals surface area contributed by atoms with Gasteiger partial charge in [-0.15, -0.1) is 11.3 Å². The first-order chi connectivity index (χ1) is 15.8. The molecule has 2 N–H and O–H groups in total. The van der Waals surface area contributed by atoms with Gasteiger partial charge in [0.1, 0.15) is 10.8 Å². The van der Waals surface area contributed by atoms with E-state index >= 15 is 0 Å². The van der Waals surface area contributed by atoms with E-state index in [2.05, 4.69) is 20.6 Å². The normalized spacial score (nSPS) is 32.1. The van der Waals surface area contributed by atoms with Gasteiger partial charge in [-0.25, -0.2) is 9.97 Å². The first-order valence-electron chi connectivity index (χ1n) is 11.0. The lowest BCUT2D eigenvalue weighted by Gasteiger charge is -2.48. The quantitative estimate of drug-likeness (QED) is 0.705. The number of likely N-dealkylation sites (tertiary alicyclic amines) is 1. The number of amides is 1. The van der Waals surface area contributed by atoms with E-state index in [1.165, 1.54) is 17.4 Å². The molecule has 2 aliphatic heterocycles. The molecule has 2 aromatic rings. The molecule has 6 rings (SSSR count). The van der Waals surface area contributed by atoms with Gasteiger partial charge >= 0.3 is 6.18 Å². The molecule has 0 bridgehead atoms. The molecular weight excluding hydrogens is 451 g/mol. The Hall–Kier alpha value is -2.88. The van der Waals surface area contributed by atoms with Gasteiger partial charge in [0.05, 0.1) is 22.9 Å². The van der Waals surface area contributed by atoms with Crippen LogP contribution in [0.15, 0.2) is 47.6 Å². The van der Waals surface area contributed by atoms with E-state index in [-0.39, 0.29) is 29.4 Å². The van der Waals surface area contributed by atoms with Crippen LogP contribution in [0.5, 0.6) is 0 Å². The van der Waals surface area contributed by atoms with Crippen LogP contribution >= 0.6 is 11.3 Å². The van der Waals surface area contributed by atoms with Gasteiger partial charge in [-0.3, -0.25) is 4.79 Å². The second-order valence-corrected chi connectivity index (χ2v) is 10.2. The summed E-state index contributed by atoms with van der Waals surface area (Å²) in [7, 11) is 0. The van der Waals surface area contributed by atoms with Crippen LogP contribution in [-0.4, -0.2) is 45.4 Å². The molecule has 172 valence electrons. The maximum atomic E-state index is 13.7. The number of hydrogen-bond donors (Lipinski definition) is 2. The van der Waals surface area contributed by atoms with E-state index in [9.17, 15) is 18.0 Å². The topological polar surface area (TPSA) is 70.2 Å². The van der Waals surface area contributed by atoms with Crippen molar-refractivity contribution in [2.45, 2.75) is 44.1 Å². The van der Waals surface area contributed by atoms with Crippen molar-refractivity contribution in [3.05, 3.63) is 58.2 Å². The number of nitrogens with one attached hydrogen (secondary N) is 2. The zero-order chi connectivity index (χ0) is 23.0. The number of piperidine rings is 1. The lowest BCUT2D eigenvalue weighted by Crippen LogP contribution is -2.60. The number of rotatable bonds is 4. The lowest BCUT2D eigenvalue weighted by atomic mass is 9.71. The largest absolute Gasteiger partial charge is 0.417 e. The molecule has 2 saturated carbocycles. The molecule has 5 unspecified atom stereocenters. The molecule has 5 atom stereocenters. The fourth-order valence-electron chi connectivity index (χ4n) is 5.73. The van der Waals surface area contributed by atoms with Crippen LogP contribution in [-0.2, 0) is 11.0 Å². The number of anilines is 1. The number of alkyl halides is 3. The molecule has 0 aromatic carbocycles. The van der Waals surface area contributed by atoms with E-state index in [1.807, 2.05) is 29.4 Å². The van der Waals surface area contributed by atoms with E-state index in [4.69, 9.17) is 0 Å². The predicted molar refractivity (Wildman–Crippen MR) is 118 cm³/mol. The van der Waals surface area contributed by atoms with Gasteiger partial charge in [0.25, 0.3) is 5.91 Å². The summed E-state index contributed by atoms with van der Waals surface area (Å²) in [6.45, 7) is 2.73. The van der Waals surface area contributed by atoms with Crippen molar-refractivity contribution < 1.29 is 18.0 Å². The summed E-state index contributed by atoms with van der Waals surface area (Å²) in [6, 6.07) is 2.47. The van der Waals surface area contributed by atoms with Crippen molar-refractivity contribution in [2.24, 2.45) is 11.3 Å². The Morgan fingerprint density at radius 1 is 1.30 bits per heavy atom. The van der Waals surface area contributed by atoms with Crippen LogP contribution in [0.2, 0.25) is 0 Å². The van der Waals surface area contributed by atoms with E-state index in [0.717, 1.165) is 35.8 Å². The third-order valence-corrected chi connectivity index (χ3v) is 8.15. The SMILES string of the molecule is CC1C=CC(C(=O)N2CC3CC34CC(Nc3ccc(C(F)(F)F)cn3)C24)=C(c2nccs2)N1. The molecular formula is C23H22F3N5OS. The van der Waals surface area contributed by atoms with Crippen molar-refractivity contribution in [1.29, 1.82) is 0 Å². The second kappa shape index (κ2) is 7.06. The lowest BCUT2D eigenvalue weighted by molar-refractivity contribution is -0.137. The molecule has 10 heteroatoms. The van der Waals surface area contributed by atoms with Crippen molar-refractivity contribution in [1.82, 2.24) is 20.2 Å². The van der Waals surface area contributed by atoms with Gasteiger partial charge in [0.2, 0.25) is 0 Å². The van der Waals surface area contributed by atoms with Crippen LogP contribution in [0.25, 0.3) is 5.70 Å². The minimum absolute atomic E-state index is 0.0110. The molecule has 0 radical (unpaired) electrons. The Kier molecular flexibility index (Phi) is 4.43. The van der Waals surface area contributed by atoms with Gasteiger partial charge in [-0.05, 0) is 49.3 Å². The van der Waals surface area contributed by atoms with Gasteiger partial charge in [0, 0.05) is 36.4 Å². The first-order valence-corrected chi connectivity index (χ1v) is 11.8. The number of hydrogen-bond acceptors (Lipinski definition) is 6. The van der Waals surface area contributed by atoms with Crippen molar-refractivity contribution in [2.75, 3.05) is 11.9 Å². The molecule has 1 spiro atoms. The van der Waals surface area contributed by atoms with Crippen LogP contribution in [0, 0.1) is 11.3 Å². The minimum atomic E-state index is -4.41. The molecule has 4 aliphatic rings. The maximum absolute atomic E-state index is 13.7. The molecule has 2 aromatic heterocycles. The second-order valence-electron chi connectivity index (χ2n) is 9.34. The Morgan fingerprint density at radius 2 is 2.15 bits per heavy atom. The standard InChI is InChI=1S/C23H22F3N5OS/c1-12-2-4-15(18(29-12)20-27-6-7-33-20)21(32)31-11-14-8-22(14)9-16(19(22)31)30-17-5-3-13(10-28-17)23(24,25)26/h2-7,10,12,14,16,19,29H,8-9,11H2,1H3,(H,28,30). The number of halogens is 3. The van der Waals surface area contributed by atoms with Crippen LogP contribution < -0.4 is 10.6 Å². The summed E-state index contributed by atoms with van der Waals surface area (Å²) in [5.74, 6) is 0.864. The summed E-state index contributed by atoms with van der Waals surface area (Å²) >= 11 is 1.49. The summed E-state index contributed by atoms with van der Waals surface area (Å²) in [6.07, 6.45) is 4.02. The Labute approximate surface area is 192 Å². The smallest absolute Gasteiger partial charge is 0.376 e. The molecule has 33 heavy (non-hydrogen) atoms. The highest BCUT2D eigenvalue weighted by Gasteiger charge is 2.75. The zero-order valence-electron chi connectivity index (χ0n) is 17.8. The molecule has 2 aliphatic carbocycles. The Balaban J connectivity index is 1.24. The van der Waals surface area contributed by atoms with Crippen LogP contribution in [0.1, 0.15) is 30.3 Å². The molecule has 1 saturated heterocycles. The Bertz CT molecular complexity index is 1160. The number of carbonyl (C=O) groups is 1. The number of carbonyl (C=O) groups excluding carboxylic acids is 1. The third-order valence-electron chi connectivity index (χ3n) is 7.36. The number of aromatic nitrogens is 2. The monoisotopic (exact) mass is 473 g/mol. The van der Waals surface area contributed by atoms with Crippen LogP contribution in [0.4, 0.5) is 19.0 Å². The van der Waals surface area contributed by atoms with Gasteiger partial charge in [-0.1, -0.05) is 6.08 Å². The zero-order valence-corrected chi connectivity index (χ0v) is 18.6. The number of thiazole rings is 1. The predicted octanol–water partition coefficient (Wildman–Crippen LogP) is 3.92. The minimum Gasteiger partial charge on any atom is -0.376 e. The summed E-state index contributed by atoms with van der Waals surface area (Å²) < 4.78 is 38.5. The van der Waals surface area contributed by atoms with Gasteiger partial charge < -0.3 is 15.5 Å². The molecule has 3 fully saturated rings.